The van der Waals surface area contributed by atoms with Crippen molar-refractivity contribution in [3.05, 3.63) is 89.3 Å². The van der Waals surface area contributed by atoms with Crippen LogP contribution in [0.3, 0.4) is 0 Å². The number of carbonyl (C=O) groups is 2. The van der Waals surface area contributed by atoms with Crippen molar-refractivity contribution >= 4 is 17.8 Å². The molecular formula is C24H23NO5. The highest BCUT2D eigenvalue weighted by Crippen LogP contribution is 2.18. The summed E-state index contributed by atoms with van der Waals surface area (Å²) in [6, 6.07) is 16.1. The maximum atomic E-state index is 12.9. The van der Waals surface area contributed by atoms with Crippen molar-refractivity contribution in [2.75, 3.05) is 13.7 Å². The Balaban J connectivity index is 1.72. The van der Waals surface area contributed by atoms with Gasteiger partial charge in [0.15, 0.2) is 6.61 Å². The van der Waals surface area contributed by atoms with E-state index in [1.807, 2.05) is 42.0 Å². The largest absolute Gasteiger partial charge is 0.497 e. The fourth-order valence-corrected chi connectivity index (χ4v) is 3.04. The molecule has 6 nitrogen and oxygen atoms in total. The molecule has 0 spiro atoms. The second-order valence-electron chi connectivity index (χ2n) is 6.77. The van der Waals surface area contributed by atoms with Crippen molar-refractivity contribution in [1.29, 1.82) is 0 Å². The number of aromatic nitrogens is 1. The van der Waals surface area contributed by atoms with Gasteiger partial charge in [0.05, 0.1) is 12.8 Å². The predicted molar refractivity (Wildman–Crippen MR) is 114 cm³/mol. The molecule has 3 rings (SSSR count). The topological polar surface area (TPSA) is 77.8 Å². The Morgan fingerprint density at radius 2 is 1.83 bits per heavy atom. The lowest BCUT2D eigenvalue weighted by Crippen LogP contribution is -2.09. The molecule has 1 heterocycles. The van der Waals surface area contributed by atoms with Gasteiger partial charge in [-0.3, -0.25) is 4.79 Å². The van der Waals surface area contributed by atoms with Crippen molar-refractivity contribution in [1.82, 2.24) is 4.57 Å². The number of carboxylic acid groups (broad SMARTS) is 1. The van der Waals surface area contributed by atoms with E-state index in [1.54, 1.807) is 49.6 Å². The highest BCUT2D eigenvalue weighted by Gasteiger charge is 2.14. The minimum Gasteiger partial charge on any atom is -0.497 e. The number of ketones is 1. The first-order valence-electron chi connectivity index (χ1n) is 9.43. The summed E-state index contributed by atoms with van der Waals surface area (Å²) in [6.07, 6.45) is 5.79. The van der Waals surface area contributed by atoms with Crippen molar-refractivity contribution in [2.45, 2.75) is 13.5 Å². The average molecular weight is 405 g/mol. The zero-order valence-electron chi connectivity index (χ0n) is 16.9. The number of carbonyl (C=O) groups excluding carboxylic acids is 1. The zero-order valence-corrected chi connectivity index (χ0v) is 16.9. The van der Waals surface area contributed by atoms with Gasteiger partial charge in [-0.25, -0.2) is 4.79 Å². The molecule has 30 heavy (non-hydrogen) atoms. The summed E-state index contributed by atoms with van der Waals surface area (Å²) in [4.78, 5) is 23.6. The lowest BCUT2D eigenvalue weighted by molar-refractivity contribution is -0.139. The van der Waals surface area contributed by atoms with Crippen LogP contribution in [-0.4, -0.2) is 35.1 Å². The van der Waals surface area contributed by atoms with Gasteiger partial charge in [0.2, 0.25) is 5.78 Å². The number of nitrogens with zero attached hydrogens (tertiary/aromatic N) is 1. The van der Waals surface area contributed by atoms with E-state index in [2.05, 4.69) is 0 Å². The van der Waals surface area contributed by atoms with E-state index in [-0.39, 0.29) is 12.4 Å². The molecule has 6 heteroatoms. The molecule has 1 N–H and O–H groups in total. The molecule has 0 unspecified atom stereocenters. The van der Waals surface area contributed by atoms with E-state index in [4.69, 9.17) is 14.6 Å². The van der Waals surface area contributed by atoms with Crippen LogP contribution in [0.1, 0.15) is 27.2 Å². The van der Waals surface area contributed by atoms with E-state index < -0.39 is 5.97 Å². The van der Waals surface area contributed by atoms with Crippen LogP contribution in [0.4, 0.5) is 0 Å². The van der Waals surface area contributed by atoms with Gasteiger partial charge in [0, 0.05) is 18.3 Å². The fourth-order valence-electron chi connectivity index (χ4n) is 3.04. The number of carboxylic acids is 1. The van der Waals surface area contributed by atoms with Gasteiger partial charge < -0.3 is 19.1 Å². The van der Waals surface area contributed by atoms with Gasteiger partial charge in [0.1, 0.15) is 11.5 Å². The van der Waals surface area contributed by atoms with Crippen LogP contribution in [0, 0.1) is 6.92 Å². The Hall–Kier alpha value is -3.80. The quantitative estimate of drug-likeness (QED) is 0.540. The van der Waals surface area contributed by atoms with Gasteiger partial charge in [-0.2, -0.15) is 0 Å². The molecule has 0 saturated heterocycles. The number of aryl methyl sites for hydroxylation is 1. The van der Waals surface area contributed by atoms with Crippen molar-refractivity contribution in [3.63, 3.8) is 0 Å². The van der Waals surface area contributed by atoms with E-state index in [1.165, 1.54) is 0 Å². The fraction of sp³-hybridized carbons (Fsp3) is 0.167. The van der Waals surface area contributed by atoms with E-state index in [0.717, 1.165) is 11.1 Å². The normalized spacial score (nSPS) is 10.9. The summed E-state index contributed by atoms with van der Waals surface area (Å²) in [5.41, 5.74) is 3.09. The predicted octanol–water partition coefficient (Wildman–Crippen LogP) is 4.21. The lowest BCUT2D eigenvalue weighted by atomic mass is 10.1. The van der Waals surface area contributed by atoms with Crippen LogP contribution in [0.5, 0.6) is 11.5 Å². The number of benzene rings is 2. The first-order valence-corrected chi connectivity index (χ1v) is 9.43. The minimum absolute atomic E-state index is 0.0526. The first kappa shape index (κ1) is 20.9. The molecule has 0 aliphatic carbocycles. The third-order valence-electron chi connectivity index (χ3n) is 4.45. The minimum atomic E-state index is -1.02. The Labute approximate surface area is 175 Å². The number of aliphatic carboxylic acids is 1. The Morgan fingerprint density at radius 1 is 1.07 bits per heavy atom. The Kier molecular flexibility index (Phi) is 6.70. The van der Waals surface area contributed by atoms with Crippen LogP contribution in [0.25, 0.3) is 6.08 Å². The standard InChI is InChI=1S/C24H23NO5/c1-17-13-22(24(28)19-8-10-20(29-2)11-9-19)25(15-17)12-4-6-18-5-3-7-21(14-18)30-16-23(26)27/h3-11,13-15H,12,16H2,1-2H3,(H,26,27)/b6-4+. The molecule has 0 aliphatic rings. The van der Waals surface area contributed by atoms with Crippen molar-refractivity contribution in [2.24, 2.45) is 0 Å². The van der Waals surface area contributed by atoms with E-state index in [0.29, 0.717) is 29.3 Å². The summed E-state index contributed by atoms with van der Waals surface area (Å²) in [5, 5.41) is 8.72. The highest BCUT2D eigenvalue weighted by atomic mass is 16.5. The smallest absolute Gasteiger partial charge is 0.341 e. The number of hydrogen-bond acceptors (Lipinski definition) is 4. The zero-order chi connectivity index (χ0) is 21.5. The molecule has 0 fully saturated rings. The number of rotatable bonds is 9. The number of ether oxygens (including phenoxy) is 2. The van der Waals surface area contributed by atoms with Crippen molar-refractivity contribution < 1.29 is 24.2 Å². The SMILES string of the molecule is COc1ccc(C(=O)c2cc(C)cn2C/C=C/c2cccc(OCC(=O)O)c2)cc1. The van der Waals surface area contributed by atoms with Gasteiger partial charge in [-0.05, 0) is 60.5 Å². The number of hydrogen-bond donors (Lipinski definition) is 1. The van der Waals surface area contributed by atoms with Gasteiger partial charge in [-0.15, -0.1) is 0 Å². The highest BCUT2D eigenvalue weighted by molar-refractivity contribution is 6.08. The molecule has 1 aromatic heterocycles. The van der Waals surface area contributed by atoms with E-state index >= 15 is 0 Å². The van der Waals surface area contributed by atoms with Gasteiger partial charge >= 0.3 is 5.97 Å². The summed E-state index contributed by atoms with van der Waals surface area (Å²) in [7, 11) is 1.59. The molecule has 0 radical (unpaired) electrons. The Bertz CT molecular complexity index is 1060. The first-order chi connectivity index (χ1) is 14.5. The number of allylic oxidation sites excluding steroid dienone is 1. The molecule has 0 aliphatic heterocycles. The van der Waals surface area contributed by atoms with Crippen LogP contribution in [-0.2, 0) is 11.3 Å². The maximum absolute atomic E-state index is 12.9. The van der Waals surface area contributed by atoms with Crippen molar-refractivity contribution in [3.8, 4) is 11.5 Å². The second-order valence-corrected chi connectivity index (χ2v) is 6.77. The lowest BCUT2D eigenvalue weighted by Gasteiger charge is -2.07. The summed E-state index contributed by atoms with van der Waals surface area (Å²) < 4.78 is 12.3. The van der Waals surface area contributed by atoms with E-state index in [9.17, 15) is 9.59 Å². The van der Waals surface area contributed by atoms with Crippen LogP contribution >= 0.6 is 0 Å². The summed E-state index contributed by atoms with van der Waals surface area (Å²) in [5.74, 6) is 0.124. The number of methoxy groups -OCH3 is 1. The third-order valence-corrected chi connectivity index (χ3v) is 4.45. The molecule has 0 amide bonds. The van der Waals surface area contributed by atoms with Crippen LogP contribution < -0.4 is 9.47 Å². The van der Waals surface area contributed by atoms with Gasteiger partial charge in [-0.1, -0.05) is 24.3 Å². The Morgan fingerprint density at radius 3 is 2.53 bits per heavy atom. The average Bonchev–Trinajstić information content (AvgIpc) is 3.12. The molecule has 0 saturated carbocycles. The molecule has 154 valence electrons. The third kappa shape index (κ3) is 5.38. The molecule has 3 aromatic rings. The molecule has 0 bridgehead atoms. The summed E-state index contributed by atoms with van der Waals surface area (Å²) >= 11 is 0. The molecule has 0 atom stereocenters. The molecule has 2 aromatic carbocycles. The van der Waals surface area contributed by atoms with Gasteiger partial charge in [0.25, 0.3) is 0 Å². The molecular weight excluding hydrogens is 382 g/mol. The monoisotopic (exact) mass is 405 g/mol. The van der Waals surface area contributed by atoms with Crippen LogP contribution in [0.2, 0.25) is 0 Å². The second kappa shape index (κ2) is 9.60. The maximum Gasteiger partial charge on any atom is 0.341 e. The summed E-state index contributed by atoms with van der Waals surface area (Å²) in [6.45, 7) is 2.09. The van der Waals surface area contributed by atoms with Crippen LogP contribution in [0.15, 0.2) is 66.9 Å².